The van der Waals surface area contributed by atoms with Crippen molar-refractivity contribution in [2.75, 3.05) is 18.4 Å². The molecular weight excluding hydrogens is 361 g/mol. The molecule has 1 saturated heterocycles. The van der Waals surface area contributed by atoms with E-state index in [1.54, 1.807) is 13.8 Å². The van der Waals surface area contributed by atoms with Crippen LogP contribution in [0.15, 0.2) is 33.7 Å². The lowest BCUT2D eigenvalue weighted by Gasteiger charge is -2.31. The van der Waals surface area contributed by atoms with E-state index < -0.39 is 21.8 Å². The van der Waals surface area contributed by atoms with E-state index in [9.17, 15) is 17.6 Å². The van der Waals surface area contributed by atoms with Crippen LogP contribution in [0.2, 0.25) is 0 Å². The van der Waals surface area contributed by atoms with Crippen molar-refractivity contribution in [2.24, 2.45) is 5.92 Å². The second kappa shape index (κ2) is 7.16. The standard InChI is InChI=1S/C17H20FN3O4S/c1-11-16(12(2)25-20-11)26(23,24)21-9-3-4-13(10-21)17(22)19-15-7-5-14(18)6-8-15/h5-8,13H,3-4,9-10H2,1-2H3,(H,19,22)/t13-/m0/s1. The molecule has 3 rings (SSSR count). The van der Waals surface area contributed by atoms with Gasteiger partial charge in [-0.05, 0) is 51.0 Å². The molecular formula is C17H20FN3O4S. The van der Waals surface area contributed by atoms with Crippen molar-refractivity contribution in [1.82, 2.24) is 9.46 Å². The molecule has 1 aliphatic heterocycles. The first-order valence-electron chi connectivity index (χ1n) is 8.28. The Hall–Kier alpha value is -2.26. The Bertz CT molecular complexity index is 889. The van der Waals surface area contributed by atoms with Gasteiger partial charge in [0, 0.05) is 18.8 Å². The number of aromatic nitrogens is 1. The number of carbonyl (C=O) groups is 1. The number of amides is 1. The van der Waals surface area contributed by atoms with Gasteiger partial charge in [-0.3, -0.25) is 4.79 Å². The van der Waals surface area contributed by atoms with Crippen molar-refractivity contribution >= 4 is 21.6 Å². The van der Waals surface area contributed by atoms with E-state index >= 15 is 0 Å². The van der Waals surface area contributed by atoms with Crippen LogP contribution < -0.4 is 5.32 Å². The number of benzene rings is 1. The molecule has 7 nitrogen and oxygen atoms in total. The SMILES string of the molecule is Cc1noc(C)c1S(=O)(=O)N1CCC[C@H](C(=O)Nc2ccc(F)cc2)C1. The van der Waals surface area contributed by atoms with Gasteiger partial charge in [0.1, 0.15) is 16.4 Å². The summed E-state index contributed by atoms with van der Waals surface area (Å²) in [6, 6.07) is 5.44. The number of nitrogens with one attached hydrogen (secondary N) is 1. The second-order valence-electron chi connectivity index (χ2n) is 6.35. The number of anilines is 1. The van der Waals surface area contributed by atoms with Crippen molar-refractivity contribution in [2.45, 2.75) is 31.6 Å². The number of piperidine rings is 1. The van der Waals surface area contributed by atoms with Crippen molar-refractivity contribution in [3.8, 4) is 0 Å². The Morgan fingerprint density at radius 1 is 1.31 bits per heavy atom. The highest BCUT2D eigenvalue weighted by atomic mass is 32.2. The topological polar surface area (TPSA) is 92.5 Å². The second-order valence-corrected chi connectivity index (χ2v) is 8.23. The smallest absolute Gasteiger partial charge is 0.248 e. The maximum Gasteiger partial charge on any atom is 0.248 e. The zero-order valence-corrected chi connectivity index (χ0v) is 15.3. The predicted octanol–water partition coefficient (Wildman–Crippen LogP) is 2.47. The Morgan fingerprint density at radius 3 is 2.62 bits per heavy atom. The molecule has 1 amide bonds. The van der Waals surface area contributed by atoms with E-state index in [2.05, 4.69) is 10.5 Å². The van der Waals surface area contributed by atoms with Gasteiger partial charge in [0.2, 0.25) is 15.9 Å². The third kappa shape index (κ3) is 3.63. The molecule has 0 radical (unpaired) electrons. The summed E-state index contributed by atoms with van der Waals surface area (Å²) in [5, 5.41) is 6.41. The van der Waals surface area contributed by atoms with Gasteiger partial charge in [0.05, 0.1) is 5.92 Å². The van der Waals surface area contributed by atoms with Crippen LogP contribution >= 0.6 is 0 Å². The van der Waals surface area contributed by atoms with Crippen LogP contribution in [0.25, 0.3) is 0 Å². The number of rotatable bonds is 4. The zero-order chi connectivity index (χ0) is 18.9. The summed E-state index contributed by atoms with van der Waals surface area (Å²) in [6.07, 6.45) is 1.16. The van der Waals surface area contributed by atoms with Crippen LogP contribution in [0.5, 0.6) is 0 Å². The lowest BCUT2D eigenvalue weighted by molar-refractivity contribution is -0.120. The average molecular weight is 381 g/mol. The van der Waals surface area contributed by atoms with Gasteiger partial charge >= 0.3 is 0 Å². The Labute approximate surface area is 151 Å². The number of nitrogens with zero attached hydrogens (tertiary/aromatic N) is 2. The fraction of sp³-hybridized carbons (Fsp3) is 0.412. The summed E-state index contributed by atoms with van der Waals surface area (Å²) >= 11 is 0. The largest absolute Gasteiger partial charge is 0.360 e. The van der Waals surface area contributed by atoms with Crippen molar-refractivity contribution in [3.63, 3.8) is 0 Å². The highest BCUT2D eigenvalue weighted by molar-refractivity contribution is 7.89. The fourth-order valence-corrected chi connectivity index (χ4v) is 4.94. The molecule has 1 N–H and O–H groups in total. The van der Waals surface area contributed by atoms with E-state index in [0.29, 0.717) is 30.8 Å². The maximum atomic E-state index is 13.0. The van der Waals surface area contributed by atoms with Gasteiger partial charge in [-0.15, -0.1) is 0 Å². The molecule has 2 aromatic rings. The molecule has 1 aliphatic rings. The first-order chi connectivity index (χ1) is 12.3. The Kier molecular flexibility index (Phi) is 5.10. The molecule has 0 bridgehead atoms. The minimum Gasteiger partial charge on any atom is -0.360 e. The van der Waals surface area contributed by atoms with Gasteiger partial charge in [0.15, 0.2) is 5.76 Å². The van der Waals surface area contributed by atoms with E-state index in [-0.39, 0.29) is 23.1 Å². The van der Waals surface area contributed by atoms with Crippen LogP contribution in [0.3, 0.4) is 0 Å². The molecule has 1 fully saturated rings. The number of carbonyl (C=O) groups excluding carboxylic acids is 1. The lowest BCUT2D eigenvalue weighted by atomic mass is 9.99. The van der Waals surface area contributed by atoms with Crippen LogP contribution in [0, 0.1) is 25.6 Å². The quantitative estimate of drug-likeness (QED) is 0.878. The van der Waals surface area contributed by atoms with Crippen LogP contribution in [0.1, 0.15) is 24.3 Å². The zero-order valence-electron chi connectivity index (χ0n) is 14.5. The van der Waals surface area contributed by atoms with E-state index in [4.69, 9.17) is 4.52 Å². The third-order valence-electron chi connectivity index (χ3n) is 4.43. The van der Waals surface area contributed by atoms with E-state index in [0.717, 1.165) is 0 Å². The molecule has 2 heterocycles. The number of hydrogen-bond donors (Lipinski definition) is 1. The van der Waals surface area contributed by atoms with Crippen LogP contribution in [-0.2, 0) is 14.8 Å². The molecule has 9 heteroatoms. The third-order valence-corrected chi connectivity index (χ3v) is 6.54. The van der Waals surface area contributed by atoms with E-state index in [1.165, 1.54) is 28.6 Å². The molecule has 1 aromatic carbocycles. The first kappa shape index (κ1) is 18.5. The molecule has 26 heavy (non-hydrogen) atoms. The van der Waals surface area contributed by atoms with Gasteiger partial charge in [0.25, 0.3) is 0 Å². The van der Waals surface area contributed by atoms with Gasteiger partial charge in [-0.1, -0.05) is 5.16 Å². The Morgan fingerprint density at radius 2 is 2.00 bits per heavy atom. The van der Waals surface area contributed by atoms with Gasteiger partial charge in [-0.25, -0.2) is 12.8 Å². The van der Waals surface area contributed by atoms with Gasteiger partial charge < -0.3 is 9.84 Å². The summed E-state index contributed by atoms with van der Waals surface area (Å²) in [7, 11) is -3.78. The predicted molar refractivity (Wildman–Crippen MR) is 92.5 cm³/mol. The summed E-state index contributed by atoms with van der Waals surface area (Å²) in [5.74, 6) is -0.919. The fourth-order valence-electron chi connectivity index (χ4n) is 3.12. The highest BCUT2D eigenvalue weighted by Crippen LogP contribution is 2.28. The lowest BCUT2D eigenvalue weighted by Crippen LogP contribution is -2.43. The normalized spacial score (nSPS) is 18.7. The molecule has 1 aromatic heterocycles. The van der Waals surface area contributed by atoms with Crippen LogP contribution in [0.4, 0.5) is 10.1 Å². The van der Waals surface area contributed by atoms with Crippen molar-refractivity contribution in [3.05, 3.63) is 41.5 Å². The average Bonchev–Trinajstić information content (AvgIpc) is 2.96. The number of hydrogen-bond acceptors (Lipinski definition) is 5. The number of halogens is 1. The highest BCUT2D eigenvalue weighted by Gasteiger charge is 2.36. The maximum absolute atomic E-state index is 13.0. The molecule has 140 valence electrons. The molecule has 0 unspecified atom stereocenters. The van der Waals surface area contributed by atoms with Crippen LogP contribution in [-0.4, -0.2) is 36.9 Å². The molecule has 1 atom stereocenters. The minimum atomic E-state index is -3.78. The summed E-state index contributed by atoms with van der Waals surface area (Å²) in [4.78, 5) is 12.6. The molecule has 0 saturated carbocycles. The van der Waals surface area contributed by atoms with Crippen molar-refractivity contribution < 1.29 is 22.1 Å². The number of sulfonamides is 1. The molecule has 0 spiro atoms. The molecule has 0 aliphatic carbocycles. The van der Waals surface area contributed by atoms with Gasteiger partial charge in [-0.2, -0.15) is 4.31 Å². The first-order valence-corrected chi connectivity index (χ1v) is 9.72. The summed E-state index contributed by atoms with van der Waals surface area (Å²) in [6.45, 7) is 3.55. The van der Waals surface area contributed by atoms with Crippen molar-refractivity contribution in [1.29, 1.82) is 0 Å². The van der Waals surface area contributed by atoms with E-state index in [1.807, 2.05) is 0 Å². The summed E-state index contributed by atoms with van der Waals surface area (Å²) in [5.41, 5.74) is 0.780. The number of aryl methyl sites for hydroxylation is 2. The Balaban J connectivity index is 1.74. The minimum absolute atomic E-state index is 0.0668. The monoisotopic (exact) mass is 381 g/mol. The summed E-state index contributed by atoms with van der Waals surface area (Å²) < 4.78 is 45.0.